The third-order valence-electron chi connectivity index (χ3n) is 4.09. The highest BCUT2D eigenvalue weighted by atomic mass is 16.5. The van der Waals surface area contributed by atoms with Crippen LogP contribution in [0.4, 0.5) is 0 Å². The lowest BCUT2D eigenvalue weighted by Crippen LogP contribution is -2.54. The molecule has 2 unspecified atom stereocenters. The maximum absolute atomic E-state index is 11.0. The van der Waals surface area contributed by atoms with E-state index in [1.807, 2.05) is 0 Å². The van der Waals surface area contributed by atoms with Crippen molar-refractivity contribution in [3.63, 3.8) is 0 Å². The highest BCUT2D eigenvalue weighted by Gasteiger charge is 2.46. The number of carbonyl (C=O) groups excluding carboxylic acids is 1. The van der Waals surface area contributed by atoms with Crippen LogP contribution in [0.25, 0.3) is 0 Å². The van der Waals surface area contributed by atoms with Crippen LogP contribution in [0.15, 0.2) is 0 Å². The Labute approximate surface area is 84.2 Å². The second-order valence-electron chi connectivity index (χ2n) is 5.20. The number of amides is 1. The summed E-state index contributed by atoms with van der Waals surface area (Å²) in [5, 5.41) is 2.95. The smallest absolute Gasteiger partial charge is 0.246 e. The van der Waals surface area contributed by atoms with Gasteiger partial charge < -0.3 is 10.1 Å². The highest BCUT2D eigenvalue weighted by molar-refractivity contribution is 5.78. The zero-order valence-corrected chi connectivity index (χ0v) is 8.42. The fraction of sp³-hybridized carbons (Fsp3) is 0.909. The number of rotatable bonds is 0. The quantitative estimate of drug-likeness (QED) is 0.628. The first-order valence-corrected chi connectivity index (χ1v) is 5.66. The molecule has 1 heterocycles. The van der Waals surface area contributed by atoms with Gasteiger partial charge in [0.05, 0.1) is 5.60 Å². The third-order valence-corrected chi connectivity index (χ3v) is 4.09. The fourth-order valence-corrected chi connectivity index (χ4v) is 3.53. The Bertz CT molecular complexity index is 240. The number of hydrogen-bond acceptors (Lipinski definition) is 2. The summed E-state index contributed by atoms with van der Waals surface area (Å²) in [6.07, 6.45) is 6.50. The van der Waals surface area contributed by atoms with Crippen molar-refractivity contribution in [2.45, 2.75) is 37.7 Å². The van der Waals surface area contributed by atoms with Crippen molar-refractivity contribution in [3.05, 3.63) is 0 Å². The molecular weight excluding hydrogens is 178 g/mol. The van der Waals surface area contributed by atoms with E-state index in [0.717, 1.165) is 18.4 Å². The van der Waals surface area contributed by atoms with Crippen molar-refractivity contribution in [2.75, 3.05) is 13.2 Å². The summed E-state index contributed by atoms with van der Waals surface area (Å²) in [5.41, 5.74) is 0.0119. The van der Waals surface area contributed by atoms with Gasteiger partial charge in [0.25, 0.3) is 0 Å². The summed E-state index contributed by atoms with van der Waals surface area (Å²) >= 11 is 0. The Balaban J connectivity index is 1.74. The maximum atomic E-state index is 11.0. The number of morpholine rings is 1. The molecule has 3 rings (SSSR count). The van der Waals surface area contributed by atoms with Crippen LogP contribution < -0.4 is 5.32 Å². The summed E-state index contributed by atoms with van der Waals surface area (Å²) in [7, 11) is 0. The standard InChI is InChI=1S/C11H17NO2/c13-10-6-14-11(7-12-10)4-8-1-2-9(3-8)5-11/h8-9H,1-7H2,(H,12,13). The van der Waals surface area contributed by atoms with Crippen molar-refractivity contribution in [1.29, 1.82) is 0 Å². The average Bonchev–Trinajstić information content (AvgIpc) is 2.52. The summed E-state index contributed by atoms with van der Waals surface area (Å²) < 4.78 is 5.79. The van der Waals surface area contributed by atoms with E-state index in [4.69, 9.17) is 4.74 Å². The van der Waals surface area contributed by atoms with Crippen molar-refractivity contribution >= 4 is 5.91 Å². The second-order valence-corrected chi connectivity index (χ2v) is 5.20. The Morgan fingerprint density at radius 3 is 2.57 bits per heavy atom. The van der Waals surface area contributed by atoms with Gasteiger partial charge in [0.15, 0.2) is 0 Å². The van der Waals surface area contributed by atoms with E-state index in [0.29, 0.717) is 0 Å². The van der Waals surface area contributed by atoms with Crippen molar-refractivity contribution in [1.82, 2.24) is 5.32 Å². The molecular formula is C11H17NO2. The van der Waals surface area contributed by atoms with Crippen LogP contribution in [-0.2, 0) is 9.53 Å². The Morgan fingerprint density at radius 2 is 2.00 bits per heavy atom. The molecule has 2 saturated carbocycles. The molecule has 78 valence electrons. The van der Waals surface area contributed by atoms with Crippen LogP contribution >= 0.6 is 0 Å². The number of hydrogen-bond donors (Lipinski definition) is 1. The molecule has 0 aromatic carbocycles. The SMILES string of the molecule is O=C1COC2(CN1)CC1CCC(C1)C2. The molecule has 1 amide bonds. The molecule has 1 spiro atoms. The molecule has 0 radical (unpaired) electrons. The maximum Gasteiger partial charge on any atom is 0.246 e. The summed E-state index contributed by atoms with van der Waals surface area (Å²) in [6, 6.07) is 0. The molecule has 3 fully saturated rings. The molecule has 0 aromatic heterocycles. The number of fused-ring (bicyclic) bond motifs is 2. The molecule has 3 aliphatic rings. The lowest BCUT2D eigenvalue weighted by Gasteiger charge is -2.42. The summed E-state index contributed by atoms with van der Waals surface area (Å²) in [5.74, 6) is 1.78. The van der Waals surface area contributed by atoms with E-state index in [-0.39, 0.29) is 18.1 Å². The van der Waals surface area contributed by atoms with Gasteiger partial charge in [-0.05, 0) is 31.1 Å². The first kappa shape index (κ1) is 8.72. The molecule has 14 heavy (non-hydrogen) atoms. The zero-order chi connectivity index (χ0) is 9.60. The van der Waals surface area contributed by atoms with Crippen LogP contribution in [0.5, 0.6) is 0 Å². The van der Waals surface area contributed by atoms with E-state index < -0.39 is 0 Å². The lowest BCUT2D eigenvalue weighted by atomic mass is 9.77. The average molecular weight is 195 g/mol. The zero-order valence-electron chi connectivity index (χ0n) is 8.42. The molecule has 1 saturated heterocycles. The topological polar surface area (TPSA) is 38.3 Å². The second kappa shape index (κ2) is 2.96. The van der Waals surface area contributed by atoms with E-state index in [9.17, 15) is 4.79 Å². The first-order valence-electron chi connectivity index (χ1n) is 5.66. The minimum atomic E-state index is 0.0119. The largest absolute Gasteiger partial charge is 0.363 e. The van der Waals surface area contributed by atoms with E-state index >= 15 is 0 Å². The van der Waals surface area contributed by atoms with Crippen molar-refractivity contribution < 1.29 is 9.53 Å². The number of ether oxygens (including phenoxy) is 1. The predicted molar refractivity (Wildman–Crippen MR) is 51.8 cm³/mol. The fourth-order valence-electron chi connectivity index (χ4n) is 3.53. The Hall–Kier alpha value is -0.570. The van der Waals surface area contributed by atoms with Crippen LogP contribution in [0.1, 0.15) is 32.1 Å². The minimum absolute atomic E-state index is 0.0119. The molecule has 3 nitrogen and oxygen atoms in total. The van der Waals surface area contributed by atoms with Crippen molar-refractivity contribution in [2.24, 2.45) is 11.8 Å². The normalized spacial score (nSPS) is 46.7. The van der Waals surface area contributed by atoms with Gasteiger partial charge in [-0.2, -0.15) is 0 Å². The monoisotopic (exact) mass is 195 g/mol. The first-order chi connectivity index (χ1) is 6.76. The molecule has 3 heteroatoms. The van der Waals surface area contributed by atoms with Gasteiger partial charge in [0, 0.05) is 6.54 Å². The van der Waals surface area contributed by atoms with Crippen LogP contribution in [-0.4, -0.2) is 24.7 Å². The van der Waals surface area contributed by atoms with Gasteiger partial charge in [-0.1, -0.05) is 12.8 Å². The van der Waals surface area contributed by atoms with Crippen LogP contribution in [0.2, 0.25) is 0 Å². The minimum Gasteiger partial charge on any atom is -0.363 e. The molecule has 1 N–H and O–H groups in total. The third kappa shape index (κ3) is 1.34. The number of nitrogens with one attached hydrogen (secondary N) is 1. The van der Waals surface area contributed by atoms with Gasteiger partial charge in [-0.15, -0.1) is 0 Å². The van der Waals surface area contributed by atoms with Gasteiger partial charge in [0.2, 0.25) is 5.91 Å². The molecule has 0 aromatic rings. The highest BCUT2D eigenvalue weighted by Crippen LogP contribution is 2.48. The molecule has 2 atom stereocenters. The van der Waals surface area contributed by atoms with Gasteiger partial charge in [0.1, 0.15) is 6.61 Å². The van der Waals surface area contributed by atoms with E-state index in [1.54, 1.807) is 0 Å². The van der Waals surface area contributed by atoms with Gasteiger partial charge in [-0.3, -0.25) is 4.79 Å². The van der Waals surface area contributed by atoms with Crippen LogP contribution in [0.3, 0.4) is 0 Å². The summed E-state index contributed by atoms with van der Waals surface area (Å²) in [6.45, 7) is 1.03. The van der Waals surface area contributed by atoms with Gasteiger partial charge in [-0.25, -0.2) is 0 Å². The van der Waals surface area contributed by atoms with E-state index in [2.05, 4.69) is 5.32 Å². The molecule has 2 bridgehead atoms. The Morgan fingerprint density at radius 1 is 1.29 bits per heavy atom. The predicted octanol–water partition coefficient (Wildman–Crippen LogP) is 1.08. The lowest BCUT2D eigenvalue weighted by molar-refractivity contribution is -0.151. The molecule has 2 aliphatic carbocycles. The Kier molecular flexibility index (Phi) is 1.84. The van der Waals surface area contributed by atoms with Crippen LogP contribution in [0, 0.1) is 11.8 Å². The van der Waals surface area contributed by atoms with E-state index in [1.165, 1.54) is 32.1 Å². The molecule has 1 aliphatic heterocycles. The van der Waals surface area contributed by atoms with Gasteiger partial charge >= 0.3 is 0 Å². The summed E-state index contributed by atoms with van der Waals surface area (Å²) in [4.78, 5) is 11.0. The van der Waals surface area contributed by atoms with Crippen molar-refractivity contribution in [3.8, 4) is 0 Å². The number of carbonyl (C=O) groups is 1.